The SMILES string of the molecule is c1ccc(CCc2cn(CCc3cnc[nH]3)nn2)cc1. The molecule has 0 aliphatic rings. The Hall–Kier alpha value is -2.43. The van der Waals surface area contributed by atoms with Crippen LogP contribution in [0.1, 0.15) is 17.0 Å². The van der Waals surface area contributed by atoms with Gasteiger partial charge in [-0.1, -0.05) is 35.5 Å². The minimum atomic E-state index is 0.820. The van der Waals surface area contributed by atoms with Crippen LogP contribution in [0.15, 0.2) is 49.1 Å². The Kier molecular flexibility index (Phi) is 3.87. The lowest BCUT2D eigenvalue weighted by Crippen LogP contribution is -2.02. The molecule has 0 atom stereocenters. The molecule has 0 unspecified atom stereocenters. The number of nitrogens with one attached hydrogen (secondary N) is 1. The summed E-state index contributed by atoms with van der Waals surface area (Å²) in [6, 6.07) is 10.5. The maximum Gasteiger partial charge on any atom is 0.0921 e. The van der Waals surface area contributed by atoms with Crippen LogP contribution >= 0.6 is 0 Å². The molecule has 0 aliphatic carbocycles. The number of aromatic nitrogens is 5. The van der Waals surface area contributed by atoms with E-state index in [2.05, 4.69) is 44.5 Å². The van der Waals surface area contributed by atoms with Crippen LogP contribution in [0.2, 0.25) is 0 Å². The molecule has 0 saturated heterocycles. The molecule has 1 aromatic carbocycles. The maximum atomic E-state index is 4.22. The van der Waals surface area contributed by atoms with Gasteiger partial charge in [-0.05, 0) is 18.4 Å². The van der Waals surface area contributed by atoms with Crippen LogP contribution in [-0.4, -0.2) is 25.0 Å². The monoisotopic (exact) mass is 267 g/mol. The van der Waals surface area contributed by atoms with Crippen molar-refractivity contribution in [2.75, 3.05) is 0 Å². The topological polar surface area (TPSA) is 59.4 Å². The first-order valence-electron chi connectivity index (χ1n) is 6.80. The van der Waals surface area contributed by atoms with E-state index in [4.69, 9.17) is 0 Å². The Balaban J connectivity index is 1.51. The van der Waals surface area contributed by atoms with Gasteiger partial charge >= 0.3 is 0 Å². The van der Waals surface area contributed by atoms with Gasteiger partial charge in [-0.25, -0.2) is 4.98 Å². The zero-order valence-electron chi connectivity index (χ0n) is 11.2. The molecule has 2 aromatic heterocycles. The van der Waals surface area contributed by atoms with Crippen LogP contribution in [0.5, 0.6) is 0 Å². The molecule has 0 fully saturated rings. The minimum absolute atomic E-state index is 0.820. The second kappa shape index (κ2) is 6.14. The van der Waals surface area contributed by atoms with Gasteiger partial charge < -0.3 is 4.98 Å². The number of benzene rings is 1. The largest absolute Gasteiger partial charge is 0.348 e. The summed E-state index contributed by atoms with van der Waals surface area (Å²) in [5.74, 6) is 0. The van der Waals surface area contributed by atoms with E-state index in [1.807, 2.05) is 23.1 Å². The lowest BCUT2D eigenvalue weighted by molar-refractivity contribution is 0.585. The molecule has 0 amide bonds. The number of rotatable bonds is 6. The fourth-order valence-corrected chi connectivity index (χ4v) is 2.14. The molecule has 0 spiro atoms. The average molecular weight is 267 g/mol. The standard InChI is InChI=1S/C15H17N5/c1-2-4-13(5-3-1)6-7-15-11-20(19-18-15)9-8-14-10-16-12-17-14/h1-5,10-12H,6-9H2,(H,16,17). The molecule has 102 valence electrons. The minimum Gasteiger partial charge on any atom is -0.348 e. The molecule has 0 bridgehead atoms. The van der Waals surface area contributed by atoms with E-state index in [0.29, 0.717) is 0 Å². The van der Waals surface area contributed by atoms with Crippen molar-refractivity contribution in [1.29, 1.82) is 0 Å². The molecule has 2 heterocycles. The van der Waals surface area contributed by atoms with E-state index in [0.717, 1.165) is 37.2 Å². The predicted octanol–water partition coefficient (Wildman–Crippen LogP) is 2.03. The molecule has 1 N–H and O–H groups in total. The molecular weight excluding hydrogens is 250 g/mol. The summed E-state index contributed by atoms with van der Waals surface area (Å²) in [5.41, 5.74) is 3.49. The third kappa shape index (κ3) is 3.32. The van der Waals surface area contributed by atoms with Crippen molar-refractivity contribution in [1.82, 2.24) is 25.0 Å². The highest BCUT2D eigenvalue weighted by Gasteiger charge is 2.02. The highest BCUT2D eigenvalue weighted by Crippen LogP contribution is 2.05. The van der Waals surface area contributed by atoms with Crippen molar-refractivity contribution in [3.05, 3.63) is 66.0 Å². The van der Waals surface area contributed by atoms with Crippen molar-refractivity contribution in [2.24, 2.45) is 0 Å². The van der Waals surface area contributed by atoms with Gasteiger partial charge in [-0.3, -0.25) is 4.68 Å². The molecular formula is C15H17N5. The quantitative estimate of drug-likeness (QED) is 0.743. The Labute approximate surface area is 117 Å². The summed E-state index contributed by atoms with van der Waals surface area (Å²) in [7, 11) is 0. The zero-order valence-corrected chi connectivity index (χ0v) is 11.2. The fourth-order valence-electron chi connectivity index (χ4n) is 2.14. The van der Waals surface area contributed by atoms with Gasteiger partial charge in [-0.15, -0.1) is 5.10 Å². The van der Waals surface area contributed by atoms with Gasteiger partial charge in [-0.2, -0.15) is 0 Å². The predicted molar refractivity (Wildman–Crippen MR) is 76.2 cm³/mol. The van der Waals surface area contributed by atoms with E-state index in [-0.39, 0.29) is 0 Å². The summed E-state index contributed by atoms with van der Waals surface area (Å²) in [5, 5.41) is 8.38. The van der Waals surface area contributed by atoms with Crippen molar-refractivity contribution in [2.45, 2.75) is 25.8 Å². The Morgan fingerprint density at radius 2 is 1.95 bits per heavy atom. The molecule has 0 radical (unpaired) electrons. The van der Waals surface area contributed by atoms with E-state index < -0.39 is 0 Å². The summed E-state index contributed by atoms with van der Waals surface area (Å²) >= 11 is 0. The first-order valence-corrected chi connectivity index (χ1v) is 6.80. The normalized spacial score (nSPS) is 10.8. The van der Waals surface area contributed by atoms with Gasteiger partial charge in [0.05, 0.1) is 12.0 Å². The van der Waals surface area contributed by atoms with Gasteiger partial charge in [0, 0.05) is 31.1 Å². The molecule has 0 aliphatic heterocycles. The van der Waals surface area contributed by atoms with Gasteiger partial charge in [0.2, 0.25) is 0 Å². The number of imidazole rings is 1. The first-order chi connectivity index (χ1) is 9.90. The fraction of sp³-hybridized carbons (Fsp3) is 0.267. The maximum absolute atomic E-state index is 4.22. The van der Waals surface area contributed by atoms with Gasteiger partial charge in [0.15, 0.2) is 0 Å². The second-order valence-corrected chi connectivity index (χ2v) is 4.79. The van der Waals surface area contributed by atoms with Gasteiger partial charge in [0.25, 0.3) is 0 Å². The first kappa shape index (κ1) is 12.6. The van der Waals surface area contributed by atoms with Crippen molar-refractivity contribution in [3.8, 4) is 0 Å². The Morgan fingerprint density at radius 1 is 1.05 bits per heavy atom. The number of aromatic amines is 1. The van der Waals surface area contributed by atoms with Crippen molar-refractivity contribution < 1.29 is 0 Å². The molecule has 5 heteroatoms. The molecule has 3 aromatic rings. The molecule has 0 saturated carbocycles. The van der Waals surface area contributed by atoms with E-state index in [9.17, 15) is 0 Å². The third-order valence-electron chi connectivity index (χ3n) is 3.26. The van der Waals surface area contributed by atoms with Crippen LogP contribution < -0.4 is 0 Å². The second-order valence-electron chi connectivity index (χ2n) is 4.79. The number of H-pyrrole nitrogens is 1. The summed E-state index contributed by atoms with van der Waals surface area (Å²) in [6.07, 6.45) is 8.38. The number of hydrogen-bond acceptors (Lipinski definition) is 3. The number of aryl methyl sites for hydroxylation is 4. The Morgan fingerprint density at radius 3 is 2.75 bits per heavy atom. The van der Waals surface area contributed by atoms with Crippen LogP contribution in [-0.2, 0) is 25.8 Å². The van der Waals surface area contributed by atoms with Crippen LogP contribution in [0.4, 0.5) is 0 Å². The molecule has 20 heavy (non-hydrogen) atoms. The highest BCUT2D eigenvalue weighted by molar-refractivity contribution is 5.15. The summed E-state index contributed by atoms with van der Waals surface area (Å²) in [6.45, 7) is 0.820. The lowest BCUT2D eigenvalue weighted by Gasteiger charge is -1.98. The van der Waals surface area contributed by atoms with Crippen LogP contribution in [0, 0.1) is 0 Å². The third-order valence-corrected chi connectivity index (χ3v) is 3.26. The van der Waals surface area contributed by atoms with Crippen LogP contribution in [0.25, 0.3) is 0 Å². The van der Waals surface area contributed by atoms with E-state index in [1.54, 1.807) is 6.33 Å². The van der Waals surface area contributed by atoms with Crippen molar-refractivity contribution in [3.63, 3.8) is 0 Å². The molecule has 3 rings (SSSR count). The number of nitrogens with zero attached hydrogens (tertiary/aromatic N) is 4. The van der Waals surface area contributed by atoms with Gasteiger partial charge in [0.1, 0.15) is 0 Å². The summed E-state index contributed by atoms with van der Waals surface area (Å²) in [4.78, 5) is 7.09. The highest BCUT2D eigenvalue weighted by atomic mass is 15.4. The smallest absolute Gasteiger partial charge is 0.0921 e. The van der Waals surface area contributed by atoms with Crippen LogP contribution in [0.3, 0.4) is 0 Å². The number of hydrogen-bond donors (Lipinski definition) is 1. The zero-order chi connectivity index (χ0) is 13.6. The lowest BCUT2D eigenvalue weighted by atomic mass is 10.1. The average Bonchev–Trinajstić information content (AvgIpc) is 3.16. The van der Waals surface area contributed by atoms with E-state index >= 15 is 0 Å². The molecule has 5 nitrogen and oxygen atoms in total. The van der Waals surface area contributed by atoms with E-state index in [1.165, 1.54) is 5.56 Å². The Bertz CT molecular complexity index is 627. The van der Waals surface area contributed by atoms with Crippen molar-refractivity contribution >= 4 is 0 Å². The summed E-state index contributed by atoms with van der Waals surface area (Å²) < 4.78 is 1.89.